The first kappa shape index (κ1) is 13.5. The molecule has 100 valence electrons. The lowest BCUT2D eigenvalue weighted by molar-refractivity contribution is 0.0161. The van der Waals surface area contributed by atoms with Gasteiger partial charge in [-0.25, -0.2) is 4.39 Å². The predicted octanol–water partition coefficient (Wildman–Crippen LogP) is 4.31. The van der Waals surface area contributed by atoms with Gasteiger partial charge >= 0.3 is 0 Å². The number of hydrogen-bond acceptors (Lipinski definition) is 1. The summed E-state index contributed by atoms with van der Waals surface area (Å²) < 4.78 is 14.0. The van der Waals surface area contributed by atoms with Gasteiger partial charge < -0.3 is 5.11 Å². The second-order valence-electron chi connectivity index (χ2n) is 5.72. The standard InChI is InChI=1S/C16H23FO/c1-3-13-5-4-9-16(18,10-8-13)14-11-12(2)6-7-15(14)17/h6-7,11,13,18H,3-5,8-10H2,1-2H3. The Morgan fingerprint density at radius 2 is 2.11 bits per heavy atom. The lowest BCUT2D eigenvalue weighted by Crippen LogP contribution is -2.26. The smallest absolute Gasteiger partial charge is 0.129 e. The van der Waals surface area contributed by atoms with Crippen LogP contribution in [0.4, 0.5) is 4.39 Å². The van der Waals surface area contributed by atoms with Gasteiger partial charge in [-0.15, -0.1) is 0 Å². The lowest BCUT2D eigenvalue weighted by atomic mass is 9.85. The highest BCUT2D eigenvalue weighted by molar-refractivity contribution is 5.29. The van der Waals surface area contributed by atoms with Crippen LogP contribution in [0, 0.1) is 18.7 Å². The van der Waals surface area contributed by atoms with Crippen LogP contribution in [0.1, 0.15) is 56.6 Å². The summed E-state index contributed by atoms with van der Waals surface area (Å²) in [5.74, 6) is 0.421. The highest BCUT2D eigenvalue weighted by Crippen LogP contribution is 2.39. The van der Waals surface area contributed by atoms with E-state index >= 15 is 0 Å². The molecule has 1 nitrogen and oxygen atoms in total. The van der Waals surface area contributed by atoms with Gasteiger partial charge in [-0.05, 0) is 44.6 Å². The zero-order valence-corrected chi connectivity index (χ0v) is 11.4. The molecule has 0 amide bonds. The minimum atomic E-state index is -0.958. The lowest BCUT2D eigenvalue weighted by Gasteiger charge is -2.28. The van der Waals surface area contributed by atoms with Crippen LogP contribution in [0.25, 0.3) is 0 Å². The van der Waals surface area contributed by atoms with E-state index in [4.69, 9.17) is 0 Å². The van der Waals surface area contributed by atoms with Gasteiger partial charge in [0.1, 0.15) is 5.82 Å². The van der Waals surface area contributed by atoms with E-state index in [-0.39, 0.29) is 5.82 Å². The summed E-state index contributed by atoms with van der Waals surface area (Å²) >= 11 is 0. The second kappa shape index (κ2) is 5.40. The summed E-state index contributed by atoms with van der Waals surface area (Å²) in [6, 6.07) is 5.04. The minimum Gasteiger partial charge on any atom is -0.385 e. The Kier molecular flexibility index (Phi) is 4.06. The molecule has 2 heteroatoms. The summed E-state index contributed by atoms with van der Waals surface area (Å²) in [7, 11) is 0. The topological polar surface area (TPSA) is 20.2 Å². The summed E-state index contributed by atoms with van der Waals surface area (Å²) in [6.07, 6.45) is 5.68. The Bertz CT molecular complexity index is 416. The Morgan fingerprint density at radius 3 is 2.83 bits per heavy atom. The van der Waals surface area contributed by atoms with E-state index in [1.807, 2.05) is 13.0 Å². The van der Waals surface area contributed by atoms with Crippen LogP contribution in [0.3, 0.4) is 0 Å². The van der Waals surface area contributed by atoms with E-state index in [1.165, 1.54) is 6.07 Å². The zero-order valence-electron chi connectivity index (χ0n) is 11.4. The van der Waals surface area contributed by atoms with Crippen molar-refractivity contribution in [3.63, 3.8) is 0 Å². The van der Waals surface area contributed by atoms with Crippen molar-refractivity contribution in [2.24, 2.45) is 5.92 Å². The Balaban J connectivity index is 2.27. The summed E-state index contributed by atoms with van der Waals surface area (Å²) in [5.41, 5.74) is 0.551. The molecule has 1 aromatic rings. The molecular weight excluding hydrogens is 227 g/mol. The second-order valence-corrected chi connectivity index (χ2v) is 5.72. The highest BCUT2D eigenvalue weighted by Gasteiger charge is 2.34. The van der Waals surface area contributed by atoms with Crippen molar-refractivity contribution < 1.29 is 9.50 Å². The molecule has 1 saturated carbocycles. The van der Waals surface area contributed by atoms with Crippen molar-refractivity contribution in [3.8, 4) is 0 Å². The first-order chi connectivity index (χ1) is 8.55. The zero-order chi connectivity index (χ0) is 13.2. The van der Waals surface area contributed by atoms with E-state index in [0.717, 1.165) is 31.2 Å². The van der Waals surface area contributed by atoms with Gasteiger partial charge in [-0.1, -0.05) is 37.5 Å². The molecule has 1 aliphatic rings. The van der Waals surface area contributed by atoms with E-state index in [1.54, 1.807) is 6.07 Å². The van der Waals surface area contributed by atoms with Gasteiger partial charge in [-0.3, -0.25) is 0 Å². The maximum Gasteiger partial charge on any atom is 0.129 e. The Labute approximate surface area is 109 Å². The Morgan fingerprint density at radius 1 is 1.33 bits per heavy atom. The van der Waals surface area contributed by atoms with Crippen LogP contribution in [0.5, 0.6) is 0 Å². The molecule has 2 rings (SSSR count). The molecule has 2 atom stereocenters. The molecule has 0 aliphatic heterocycles. The average molecular weight is 250 g/mol. The maximum absolute atomic E-state index is 14.0. The third-order valence-corrected chi connectivity index (χ3v) is 4.37. The van der Waals surface area contributed by atoms with Crippen molar-refractivity contribution in [1.82, 2.24) is 0 Å². The van der Waals surface area contributed by atoms with Crippen molar-refractivity contribution in [2.75, 3.05) is 0 Å². The molecule has 1 aromatic carbocycles. The minimum absolute atomic E-state index is 0.266. The van der Waals surface area contributed by atoms with Gasteiger partial charge in [0.05, 0.1) is 5.60 Å². The molecule has 0 bridgehead atoms. The number of benzene rings is 1. The summed E-state index contributed by atoms with van der Waals surface area (Å²) in [6.45, 7) is 4.14. The van der Waals surface area contributed by atoms with E-state index in [0.29, 0.717) is 24.3 Å². The molecule has 0 aromatic heterocycles. The largest absolute Gasteiger partial charge is 0.385 e. The molecule has 18 heavy (non-hydrogen) atoms. The molecule has 1 fully saturated rings. The number of hydrogen-bond donors (Lipinski definition) is 1. The fourth-order valence-electron chi connectivity index (χ4n) is 3.07. The van der Waals surface area contributed by atoms with E-state index in [9.17, 15) is 9.50 Å². The van der Waals surface area contributed by atoms with Crippen molar-refractivity contribution in [3.05, 3.63) is 35.1 Å². The van der Waals surface area contributed by atoms with E-state index < -0.39 is 5.60 Å². The SMILES string of the molecule is CCC1CCCC(O)(c2cc(C)ccc2F)CC1. The maximum atomic E-state index is 14.0. The van der Waals surface area contributed by atoms with Crippen LogP contribution in [-0.2, 0) is 5.60 Å². The third kappa shape index (κ3) is 2.74. The molecule has 0 heterocycles. The molecule has 0 radical (unpaired) electrons. The normalized spacial score (nSPS) is 29.0. The predicted molar refractivity (Wildman–Crippen MR) is 71.9 cm³/mol. The average Bonchev–Trinajstić information content (AvgIpc) is 2.55. The first-order valence-electron chi connectivity index (χ1n) is 7.04. The van der Waals surface area contributed by atoms with Gasteiger partial charge in [0.2, 0.25) is 0 Å². The number of aliphatic hydroxyl groups is 1. The highest BCUT2D eigenvalue weighted by atomic mass is 19.1. The fraction of sp³-hybridized carbons (Fsp3) is 0.625. The molecule has 1 N–H and O–H groups in total. The summed E-state index contributed by atoms with van der Waals surface area (Å²) in [4.78, 5) is 0. The molecular formula is C16H23FO. The van der Waals surface area contributed by atoms with Crippen LogP contribution in [-0.4, -0.2) is 5.11 Å². The van der Waals surface area contributed by atoms with Crippen LogP contribution in [0.15, 0.2) is 18.2 Å². The number of rotatable bonds is 2. The van der Waals surface area contributed by atoms with Crippen molar-refractivity contribution in [1.29, 1.82) is 0 Å². The molecule has 0 spiro atoms. The van der Waals surface area contributed by atoms with Crippen LogP contribution < -0.4 is 0 Å². The van der Waals surface area contributed by atoms with E-state index in [2.05, 4.69) is 6.92 Å². The van der Waals surface area contributed by atoms with Crippen molar-refractivity contribution >= 4 is 0 Å². The van der Waals surface area contributed by atoms with Gasteiger partial charge in [0.25, 0.3) is 0 Å². The third-order valence-electron chi connectivity index (χ3n) is 4.37. The van der Waals surface area contributed by atoms with Crippen LogP contribution in [0.2, 0.25) is 0 Å². The van der Waals surface area contributed by atoms with Gasteiger partial charge in [0.15, 0.2) is 0 Å². The monoisotopic (exact) mass is 250 g/mol. The van der Waals surface area contributed by atoms with Crippen LogP contribution >= 0.6 is 0 Å². The Hall–Kier alpha value is -0.890. The fourth-order valence-corrected chi connectivity index (χ4v) is 3.07. The quantitative estimate of drug-likeness (QED) is 0.775. The van der Waals surface area contributed by atoms with Crippen molar-refractivity contribution in [2.45, 2.75) is 58.0 Å². The van der Waals surface area contributed by atoms with Gasteiger partial charge in [-0.2, -0.15) is 0 Å². The van der Waals surface area contributed by atoms with Gasteiger partial charge in [0, 0.05) is 5.56 Å². The number of halogens is 1. The molecule has 2 unspecified atom stereocenters. The first-order valence-corrected chi connectivity index (χ1v) is 7.04. The molecule has 0 saturated heterocycles. The summed E-state index contributed by atoms with van der Waals surface area (Å²) in [5, 5.41) is 10.8. The number of aryl methyl sites for hydroxylation is 1. The molecule has 1 aliphatic carbocycles.